The topological polar surface area (TPSA) is 190 Å². The van der Waals surface area contributed by atoms with Crippen LogP contribution in [0.25, 0.3) is 11.0 Å². The number of hydrogen-bond donors (Lipinski definition) is 4. The molecule has 4 amide bonds. The van der Waals surface area contributed by atoms with Gasteiger partial charge in [-0.15, -0.1) is 0 Å². The molecule has 4 aromatic heterocycles. The maximum atomic E-state index is 13.2. The van der Waals surface area contributed by atoms with E-state index in [-0.39, 0.29) is 48.4 Å². The number of benzene rings is 1. The predicted molar refractivity (Wildman–Crippen MR) is 194 cm³/mol. The van der Waals surface area contributed by atoms with Crippen LogP contribution in [0.2, 0.25) is 0 Å². The summed E-state index contributed by atoms with van der Waals surface area (Å²) in [6.07, 6.45) is 9.40. The van der Waals surface area contributed by atoms with Crippen LogP contribution in [0, 0.1) is 0 Å². The monoisotopic (exact) mass is 704 g/mol. The number of nitrogens with one attached hydrogen (secondary N) is 4. The number of pyridine rings is 1. The molecule has 266 valence electrons. The molecule has 4 N–H and O–H groups in total. The van der Waals surface area contributed by atoms with Crippen LogP contribution in [-0.2, 0) is 18.9 Å². The summed E-state index contributed by atoms with van der Waals surface area (Å²) in [6, 6.07) is 8.40. The van der Waals surface area contributed by atoms with Crippen molar-refractivity contribution in [1.29, 1.82) is 0 Å². The van der Waals surface area contributed by atoms with E-state index in [9.17, 15) is 19.2 Å². The Morgan fingerprint density at radius 1 is 1.02 bits per heavy atom. The first-order valence-corrected chi connectivity index (χ1v) is 16.5. The van der Waals surface area contributed by atoms with Crippen molar-refractivity contribution in [2.75, 3.05) is 36.2 Å². The number of imidazole rings is 1. The van der Waals surface area contributed by atoms with Crippen LogP contribution in [0.5, 0.6) is 11.5 Å². The number of H-pyrrole nitrogens is 1. The second kappa shape index (κ2) is 13.9. The van der Waals surface area contributed by atoms with Gasteiger partial charge in [0.1, 0.15) is 11.3 Å². The Kier molecular flexibility index (Phi) is 9.02. The Hall–Kier alpha value is -6.71. The summed E-state index contributed by atoms with van der Waals surface area (Å²) in [5, 5.41) is 9.16. The molecule has 7 rings (SSSR count). The average molecular weight is 705 g/mol. The smallest absolute Gasteiger partial charge is 0.291 e. The number of hydrogen-bond acceptors (Lipinski definition) is 9. The maximum Gasteiger partial charge on any atom is 0.291 e. The highest BCUT2D eigenvalue weighted by molar-refractivity contribution is 6.07. The highest BCUT2D eigenvalue weighted by Crippen LogP contribution is 2.38. The second-order valence-electron chi connectivity index (χ2n) is 12.6. The van der Waals surface area contributed by atoms with Gasteiger partial charge in [-0.25, -0.2) is 9.97 Å². The normalized spacial score (nSPS) is 14.9. The van der Waals surface area contributed by atoms with Crippen molar-refractivity contribution in [2.45, 2.75) is 25.3 Å². The van der Waals surface area contributed by atoms with E-state index in [1.165, 1.54) is 17.9 Å². The standard InChI is InChI=1S/C36H36N10O6/c1-20-10-24-16-38-26-14-29(28(51-4)13-25(26)36(50)46(24)17-20)52-9-5-6-31(47)42-30-19-45(3)33(43-30)35(49)41-23-12-27(44(2)18-23)34(48)40-22-11-21-7-8-37-32(21)39-15-22/h7-8,11-16,18-19,24H,1,5-6,9-10,17H2,2-4H3,(H,37,39)(H,40,48)(H,41,49)(H,42,47)/t24-/m0/s1. The number of anilines is 3. The molecule has 2 aliphatic rings. The molecular weight excluding hydrogens is 668 g/mol. The summed E-state index contributed by atoms with van der Waals surface area (Å²) < 4.78 is 14.5. The molecule has 1 aromatic carbocycles. The largest absolute Gasteiger partial charge is 0.493 e. The number of fused-ring (bicyclic) bond motifs is 3. The molecule has 0 saturated carbocycles. The Labute approximate surface area is 297 Å². The highest BCUT2D eigenvalue weighted by atomic mass is 16.5. The fraction of sp³-hybridized carbons (Fsp3) is 0.250. The van der Waals surface area contributed by atoms with Crippen molar-refractivity contribution < 1.29 is 28.7 Å². The molecule has 5 aromatic rings. The first-order chi connectivity index (χ1) is 25.1. The van der Waals surface area contributed by atoms with E-state index in [1.54, 1.807) is 66.6 Å². The summed E-state index contributed by atoms with van der Waals surface area (Å²) in [5.74, 6) is -0.283. The van der Waals surface area contributed by atoms with Crippen LogP contribution >= 0.6 is 0 Å². The van der Waals surface area contributed by atoms with Crippen molar-refractivity contribution in [3.63, 3.8) is 0 Å². The Bertz CT molecular complexity index is 2280. The summed E-state index contributed by atoms with van der Waals surface area (Å²) in [6.45, 7) is 4.70. The third-order valence-corrected chi connectivity index (χ3v) is 8.76. The molecule has 0 spiro atoms. The molecule has 1 atom stereocenters. The fourth-order valence-corrected chi connectivity index (χ4v) is 6.21. The van der Waals surface area contributed by atoms with Gasteiger partial charge in [0.15, 0.2) is 17.3 Å². The Morgan fingerprint density at radius 3 is 2.67 bits per heavy atom. The minimum absolute atomic E-state index is 0.0566. The van der Waals surface area contributed by atoms with Crippen LogP contribution in [0.1, 0.15) is 50.7 Å². The molecule has 16 nitrogen and oxygen atoms in total. The van der Waals surface area contributed by atoms with E-state index in [2.05, 4.69) is 42.5 Å². The molecular formula is C36H36N10O6. The van der Waals surface area contributed by atoms with Gasteiger partial charge in [0.2, 0.25) is 11.7 Å². The zero-order valence-electron chi connectivity index (χ0n) is 28.7. The number of methoxy groups -OCH3 is 1. The van der Waals surface area contributed by atoms with E-state index in [1.807, 2.05) is 12.1 Å². The van der Waals surface area contributed by atoms with E-state index < -0.39 is 5.91 Å². The van der Waals surface area contributed by atoms with Crippen molar-refractivity contribution in [2.24, 2.45) is 19.1 Å². The third-order valence-electron chi connectivity index (χ3n) is 8.76. The first-order valence-electron chi connectivity index (χ1n) is 16.5. The van der Waals surface area contributed by atoms with Gasteiger partial charge in [-0.05, 0) is 37.1 Å². The number of nitrogens with zero attached hydrogens (tertiary/aromatic N) is 6. The molecule has 1 fully saturated rings. The number of aromatic amines is 1. The van der Waals surface area contributed by atoms with Gasteiger partial charge in [-0.3, -0.25) is 24.2 Å². The number of rotatable bonds is 11. The number of aryl methyl sites for hydroxylation is 2. The maximum absolute atomic E-state index is 13.2. The van der Waals surface area contributed by atoms with Crippen molar-refractivity contribution in [1.82, 2.24) is 29.0 Å². The van der Waals surface area contributed by atoms with Crippen LogP contribution in [-0.4, -0.2) is 85.1 Å². The van der Waals surface area contributed by atoms with E-state index >= 15 is 0 Å². The zero-order valence-corrected chi connectivity index (χ0v) is 28.7. The van der Waals surface area contributed by atoms with E-state index in [0.717, 1.165) is 11.0 Å². The molecule has 2 aliphatic heterocycles. The SMILES string of the molecule is C=C1C[C@H]2C=Nc3cc(OCCCC(=O)Nc4cn(C)c(C(=O)Nc5cc(C(=O)Nc6cnc7[nH]ccc7c6)n(C)c5)n4)c(OC)cc3C(=O)N2C1. The van der Waals surface area contributed by atoms with E-state index in [4.69, 9.17) is 9.47 Å². The zero-order chi connectivity index (χ0) is 36.5. The molecule has 52 heavy (non-hydrogen) atoms. The highest BCUT2D eigenvalue weighted by Gasteiger charge is 2.34. The van der Waals surface area contributed by atoms with Crippen LogP contribution in [0.3, 0.4) is 0 Å². The lowest BCUT2D eigenvalue weighted by atomic mass is 10.1. The van der Waals surface area contributed by atoms with Crippen molar-refractivity contribution >= 4 is 63.8 Å². The summed E-state index contributed by atoms with van der Waals surface area (Å²) in [5.41, 5.74) is 3.86. The van der Waals surface area contributed by atoms with Gasteiger partial charge < -0.3 is 44.4 Å². The summed E-state index contributed by atoms with van der Waals surface area (Å²) in [7, 11) is 4.82. The molecule has 0 aliphatic carbocycles. The summed E-state index contributed by atoms with van der Waals surface area (Å²) >= 11 is 0. The first kappa shape index (κ1) is 33.8. The minimum Gasteiger partial charge on any atom is -0.493 e. The minimum atomic E-state index is -0.525. The average Bonchev–Trinajstić information content (AvgIpc) is 3.90. The molecule has 16 heteroatoms. The number of aromatic nitrogens is 5. The molecule has 0 bridgehead atoms. The number of aliphatic imine (C=N–C) groups is 1. The van der Waals surface area contributed by atoms with Crippen molar-refractivity contribution in [3.05, 3.63) is 84.4 Å². The van der Waals surface area contributed by atoms with Crippen molar-refractivity contribution in [3.8, 4) is 11.5 Å². The summed E-state index contributed by atoms with van der Waals surface area (Å²) in [4.78, 5) is 69.9. The predicted octanol–water partition coefficient (Wildman–Crippen LogP) is 4.43. The number of ether oxygens (including phenoxy) is 2. The molecule has 1 saturated heterocycles. The molecule has 6 heterocycles. The van der Waals surface area contributed by atoms with Gasteiger partial charge in [-0.1, -0.05) is 12.2 Å². The molecule has 0 radical (unpaired) electrons. The van der Waals surface area contributed by atoms with E-state index in [0.29, 0.717) is 64.9 Å². The molecule has 0 unspecified atom stereocenters. The van der Waals surface area contributed by atoms with Gasteiger partial charge >= 0.3 is 0 Å². The lowest BCUT2D eigenvalue weighted by Gasteiger charge is -2.20. The van der Waals surface area contributed by atoms with Crippen LogP contribution in [0.15, 0.2) is 72.3 Å². The van der Waals surface area contributed by atoms with Gasteiger partial charge in [0.05, 0.1) is 48.6 Å². The number of amides is 4. The fourth-order valence-electron chi connectivity index (χ4n) is 6.21. The van der Waals surface area contributed by atoms with Gasteiger partial charge in [-0.2, -0.15) is 0 Å². The van der Waals surface area contributed by atoms with Gasteiger partial charge in [0.25, 0.3) is 17.7 Å². The Balaban J connectivity index is 0.910. The lowest BCUT2D eigenvalue weighted by molar-refractivity contribution is -0.116. The van der Waals surface area contributed by atoms with Crippen LogP contribution < -0.4 is 25.4 Å². The quantitative estimate of drug-likeness (QED) is 0.115. The Morgan fingerprint density at radius 2 is 1.85 bits per heavy atom. The lowest BCUT2D eigenvalue weighted by Crippen LogP contribution is -2.35. The number of carbonyl (C=O) groups excluding carboxylic acids is 4. The third kappa shape index (κ3) is 6.85. The van der Waals surface area contributed by atoms with Crippen LogP contribution in [0.4, 0.5) is 22.9 Å². The number of carbonyl (C=O) groups is 4. The second-order valence-corrected chi connectivity index (χ2v) is 12.6. The van der Waals surface area contributed by atoms with Gasteiger partial charge in [0, 0.05) is 63.3 Å².